The lowest BCUT2D eigenvalue weighted by molar-refractivity contribution is 0.584. The molecule has 0 amide bonds. The fourth-order valence-corrected chi connectivity index (χ4v) is 2.21. The van der Waals surface area contributed by atoms with Crippen molar-refractivity contribution in [3.63, 3.8) is 0 Å². The van der Waals surface area contributed by atoms with Gasteiger partial charge >= 0.3 is 0 Å². The van der Waals surface area contributed by atoms with Gasteiger partial charge < -0.3 is 11.1 Å². The topological polar surface area (TPSA) is 110 Å². The Balaban J connectivity index is 2.47. The average Bonchev–Trinajstić information content (AvgIpc) is 2.29. The molecule has 0 saturated carbocycles. The van der Waals surface area contributed by atoms with Crippen molar-refractivity contribution >= 4 is 33.0 Å². The van der Waals surface area contributed by atoms with Crippen LogP contribution in [0.15, 0.2) is 12.4 Å². The number of anilines is 1. The molecule has 0 unspecified atom stereocenters. The van der Waals surface area contributed by atoms with E-state index in [2.05, 4.69) is 20.0 Å². The van der Waals surface area contributed by atoms with Crippen LogP contribution in [0.2, 0.25) is 0 Å². The lowest BCUT2D eigenvalue weighted by atomic mass is 10.4. The Morgan fingerprint density at radius 2 is 2.17 bits per heavy atom. The van der Waals surface area contributed by atoms with Crippen molar-refractivity contribution in [1.29, 1.82) is 0 Å². The summed E-state index contributed by atoms with van der Waals surface area (Å²) in [7, 11) is -3.22. The summed E-state index contributed by atoms with van der Waals surface area (Å²) in [6.45, 7) is 2.35. The van der Waals surface area contributed by atoms with Gasteiger partial charge in [0.1, 0.15) is 16.5 Å². The van der Waals surface area contributed by atoms with Crippen LogP contribution in [-0.4, -0.2) is 42.2 Å². The van der Waals surface area contributed by atoms with Crippen molar-refractivity contribution in [2.24, 2.45) is 5.73 Å². The van der Waals surface area contributed by atoms with Gasteiger partial charge in [0.05, 0.1) is 18.1 Å². The molecule has 100 valence electrons. The summed E-state index contributed by atoms with van der Waals surface area (Å²) < 4.78 is 25.1. The molecule has 0 fully saturated rings. The monoisotopic (exact) mass is 289 g/mol. The SMILES string of the molecule is CCNS(=O)(=O)CCNc1cnc(C(N)=S)cn1. The number of hydrogen-bond donors (Lipinski definition) is 3. The lowest BCUT2D eigenvalue weighted by Gasteiger charge is -2.06. The van der Waals surface area contributed by atoms with Crippen LogP contribution in [0, 0.1) is 0 Å². The van der Waals surface area contributed by atoms with Crippen LogP contribution in [0.1, 0.15) is 12.6 Å². The molecule has 1 rings (SSSR count). The van der Waals surface area contributed by atoms with Gasteiger partial charge in [-0.25, -0.2) is 23.1 Å². The first kappa shape index (κ1) is 14.7. The van der Waals surface area contributed by atoms with Gasteiger partial charge in [-0.15, -0.1) is 0 Å². The number of rotatable bonds is 7. The summed E-state index contributed by atoms with van der Waals surface area (Å²) in [5, 5.41) is 2.85. The molecule has 7 nitrogen and oxygen atoms in total. The van der Waals surface area contributed by atoms with E-state index in [9.17, 15) is 8.42 Å². The van der Waals surface area contributed by atoms with Crippen LogP contribution in [0.5, 0.6) is 0 Å². The molecule has 1 aromatic heterocycles. The zero-order valence-corrected chi connectivity index (χ0v) is 11.5. The third kappa shape index (κ3) is 4.90. The summed E-state index contributed by atoms with van der Waals surface area (Å²) in [5.41, 5.74) is 5.80. The maximum Gasteiger partial charge on any atom is 0.213 e. The van der Waals surface area contributed by atoms with Crippen molar-refractivity contribution in [1.82, 2.24) is 14.7 Å². The van der Waals surface area contributed by atoms with Crippen LogP contribution in [0.3, 0.4) is 0 Å². The number of nitrogens with zero attached hydrogens (tertiary/aromatic N) is 2. The van der Waals surface area contributed by atoms with E-state index in [0.29, 0.717) is 18.1 Å². The van der Waals surface area contributed by atoms with Gasteiger partial charge in [-0.05, 0) is 0 Å². The second-order valence-electron chi connectivity index (χ2n) is 3.39. The second kappa shape index (κ2) is 6.57. The van der Waals surface area contributed by atoms with E-state index < -0.39 is 10.0 Å². The smallest absolute Gasteiger partial charge is 0.213 e. The van der Waals surface area contributed by atoms with Crippen LogP contribution < -0.4 is 15.8 Å². The van der Waals surface area contributed by atoms with E-state index in [0.717, 1.165) is 0 Å². The second-order valence-corrected chi connectivity index (χ2v) is 5.76. The quantitative estimate of drug-likeness (QED) is 0.578. The number of sulfonamides is 1. The van der Waals surface area contributed by atoms with E-state index in [4.69, 9.17) is 18.0 Å². The molecule has 18 heavy (non-hydrogen) atoms. The largest absolute Gasteiger partial charge is 0.388 e. The summed E-state index contributed by atoms with van der Waals surface area (Å²) in [6.07, 6.45) is 2.89. The van der Waals surface area contributed by atoms with Gasteiger partial charge in [-0.1, -0.05) is 19.1 Å². The van der Waals surface area contributed by atoms with Gasteiger partial charge in [-0.2, -0.15) is 0 Å². The summed E-state index contributed by atoms with van der Waals surface area (Å²) in [6, 6.07) is 0. The number of aromatic nitrogens is 2. The minimum absolute atomic E-state index is 0.0282. The first-order valence-electron chi connectivity index (χ1n) is 5.27. The third-order valence-electron chi connectivity index (χ3n) is 1.95. The fraction of sp³-hybridized carbons (Fsp3) is 0.444. The molecule has 1 aromatic rings. The van der Waals surface area contributed by atoms with Gasteiger partial charge in [-0.3, -0.25) is 0 Å². The third-order valence-corrected chi connectivity index (χ3v) is 3.62. The Labute approximate surface area is 111 Å². The minimum atomic E-state index is -3.22. The summed E-state index contributed by atoms with van der Waals surface area (Å²) >= 11 is 4.74. The molecule has 9 heteroatoms. The molecule has 0 aliphatic heterocycles. The van der Waals surface area contributed by atoms with Gasteiger partial charge in [0, 0.05) is 13.1 Å². The molecule has 0 saturated heterocycles. The predicted octanol–water partition coefficient (Wildman–Crippen LogP) is -0.538. The first-order chi connectivity index (χ1) is 8.44. The molecule has 4 N–H and O–H groups in total. The van der Waals surface area contributed by atoms with Crippen molar-refractivity contribution in [2.45, 2.75) is 6.92 Å². The van der Waals surface area contributed by atoms with Gasteiger partial charge in [0.25, 0.3) is 0 Å². The number of nitrogens with two attached hydrogens (primary N) is 1. The first-order valence-corrected chi connectivity index (χ1v) is 7.33. The van der Waals surface area contributed by atoms with E-state index in [-0.39, 0.29) is 17.3 Å². The molecular weight excluding hydrogens is 274 g/mol. The van der Waals surface area contributed by atoms with E-state index >= 15 is 0 Å². The Kier molecular flexibility index (Phi) is 5.38. The molecule has 0 atom stereocenters. The highest BCUT2D eigenvalue weighted by Crippen LogP contribution is 2.00. The molecular formula is C9H15N5O2S2. The van der Waals surface area contributed by atoms with Crippen molar-refractivity contribution in [3.05, 3.63) is 18.1 Å². The average molecular weight is 289 g/mol. The maximum absolute atomic E-state index is 11.3. The van der Waals surface area contributed by atoms with E-state index in [1.54, 1.807) is 6.92 Å². The van der Waals surface area contributed by atoms with E-state index in [1.165, 1.54) is 12.4 Å². The number of nitrogens with one attached hydrogen (secondary N) is 2. The number of hydrogen-bond acceptors (Lipinski definition) is 6. The highest BCUT2D eigenvalue weighted by molar-refractivity contribution is 7.89. The zero-order chi connectivity index (χ0) is 13.6. The minimum Gasteiger partial charge on any atom is -0.388 e. The summed E-state index contributed by atoms with van der Waals surface area (Å²) in [5.74, 6) is 0.446. The molecule has 0 radical (unpaired) electrons. The number of thiocarbonyl (C=S) groups is 1. The predicted molar refractivity (Wildman–Crippen MR) is 73.9 cm³/mol. The Morgan fingerprint density at radius 1 is 1.44 bits per heavy atom. The normalized spacial score (nSPS) is 11.2. The van der Waals surface area contributed by atoms with Crippen LogP contribution >= 0.6 is 12.2 Å². The Hall–Kier alpha value is -1.32. The van der Waals surface area contributed by atoms with E-state index in [1.807, 2.05) is 0 Å². The van der Waals surface area contributed by atoms with Gasteiger partial charge in [0.15, 0.2) is 0 Å². The summed E-state index contributed by atoms with van der Waals surface area (Å²) in [4.78, 5) is 8.15. The molecule has 0 bridgehead atoms. The zero-order valence-electron chi connectivity index (χ0n) is 9.88. The highest BCUT2D eigenvalue weighted by atomic mass is 32.2. The van der Waals surface area contributed by atoms with Crippen molar-refractivity contribution in [3.8, 4) is 0 Å². The molecule has 0 aliphatic rings. The molecule has 0 spiro atoms. The van der Waals surface area contributed by atoms with Crippen molar-refractivity contribution in [2.75, 3.05) is 24.2 Å². The maximum atomic E-state index is 11.3. The van der Waals surface area contributed by atoms with Crippen LogP contribution in [-0.2, 0) is 10.0 Å². The Bertz CT molecular complexity index is 500. The standard InChI is InChI=1S/C9H15N5O2S2/c1-2-14-18(15,16)4-3-11-8-6-12-7(5-13-8)9(10)17/h5-6,14H,2-4H2,1H3,(H2,10,17)(H,11,13). The lowest BCUT2D eigenvalue weighted by Crippen LogP contribution is -2.29. The molecule has 0 aromatic carbocycles. The van der Waals surface area contributed by atoms with Gasteiger partial charge in [0.2, 0.25) is 10.0 Å². The van der Waals surface area contributed by atoms with Crippen molar-refractivity contribution < 1.29 is 8.42 Å². The van der Waals surface area contributed by atoms with Crippen LogP contribution in [0.4, 0.5) is 5.82 Å². The Morgan fingerprint density at radius 3 is 2.67 bits per heavy atom. The van der Waals surface area contributed by atoms with Crippen LogP contribution in [0.25, 0.3) is 0 Å². The highest BCUT2D eigenvalue weighted by Gasteiger charge is 2.07. The fourth-order valence-electron chi connectivity index (χ4n) is 1.15. The molecule has 1 heterocycles. The molecule has 0 aliphatic carbocycles.